The predicted octanol–water partition coefficient (Wildman–Crippen LogP) is 1.48. The van der Waals surface area contributed by atoms with E-state index in [2.05, 4.69) is 5.10 Å². The number of halogens is 1. The van der Waals surface area contributed by atoms with Gasteiger partial charge in [-0.25, -0.2) is 0 Å². The second-order valence-corrected chi connectivity index (χ2v) is 3.39. The summed E-state index contributed by atoms with van der Waals surface area (Å²) in [6.45, 7) is 1.58. The van der Waals surface area contributed by atoms with Crippen LogP contribution in [0.3, 0.4) is 0 Å². The zero-order chi connectivity index (χ0) is 11.6. The SMILES string of the molecule is CC(CC(=O)O)n1cc(Cl)c([N+](=O)[O-])n1. The van der Waals surface area contributed by atoms with E-state index in [1.807, 2.05) is 0 Å². The fraction of sp³-hybridized carbons (Fsp3) is 0.429. The lowest BCUT2D eigenvalue weighted by Gasteiger charge is -2.03. The quantitative estimate of drug-likeness (QED) is 0.627. The van der Waals surface area contributed by atoms with Crippen LogP contribution < -0.4 is 0 Å². The van der Waals surface area contributed by atoms with Gasteiger partial charge in [0.15, 0.2) is 5.02 Å². The Morgan fingerprint density at radius 3 is 2.87 bits per heavy atom. The molecule has 0 amide bonds. The molecule has 0 radical (unpaired) electrons. The van der Waals surface area contributed by atoms with E-state index in [1.165, 1.54) is 10.9 Å². The van der Waals surface area contributed by atoms with Gasteiger partial charge in [-0.3, -0.25) is 4.79 Å². The zero-order valence-electron chi connectivity index (χ0n) is 7.75. The molecule has 1 heterocycles. The van der Waals surface area contributed by atoms with Gasteiger partial charge in [-0.05, 0) is 11.8 Å². The highest BCUT2D eigenvalue weighted by Gasteiger charge is 2.22. The van der Waals surface area contributed by atoms with Gasteiger partial charge in [-0.1, -0.05) is 11.6 Å². The maximum Gasteiger partial charge on any atom is 0.408 e. The van der Waals surface area contributed by atoms with Crippen molar-refractivity contribution < 1.29 is 14.8 Å². The predicted molar refractivity (Wildman–Crippen MR) is 50.9 cm³/mol. The number of carbonyl (C=O) groups is 1. The third-order valence-corrected chi connectivity index (χ3v) is 2.03. The lowest BCUT2D eigenvalue weighted by molar-refractivity contribution is -0.389. The molecule has 82 valence electrons. The summed E-state index contributed by atoms with van der Waals surface area (Å²) in [7, 11) is 0. The number of hydrogen-bond acceptors (Lipinski definition) is 4. The van der Waals surface area contributed by atoms with E-state index < -0.39 is 22.8 Å². The number of carboxylic acids is 1. The molecule has 15 heavy (non-hydrogen) atoms. The van der Waals surface area contributed by atoms with E-state index in [9.17, 15) is 14.9 Å². The Morgan fingerprint density at radius 1 is 1.87 bits per heavy atom. The molecule has 0 saturated carbocycles. The van der Waals surface area contributed by atoms with E-state index >= 15 is 0 Å². The van der Waals surface area contributed by atoms with Crippen molar-refractivity contribution in [1.29, 1.82) is 0 Å². The largest absolute Gasteiger partial charge is 0.481 e. The van der Waals surface area contributed by atoms with Gasteiger partial charge in [0.25, 0.3) is 0 Å². The van der Waals surface area contributed by atoms with E-state index in [0.29, 0.717) is 0 Å². The van der Waals surface area contributed by atoms with Crippen molar-refractivity contribution in [3.8, 4) is 0 Å². The van der Waals surface area contributed by atoms with Crippen LogP contribution in [0.1, 0.15) is 19.4 Å². The van der Waals surface area contributed by atoms with Crippen LogP contribution >= 0.6 is 11.6 Å². The number of carboxylic acid groups (broad SMARTS) is 1. The first-order valence-corrected chi connectivity index (χ1v) is 4.40. The maximum absolute atomic E-state index is 10.4. The van der Waals surface area contributed by atoms with Gasteiger partial charge < -0.3 is 15.2 Å². The molecule has 1 N–H and O–H groups in total. The molecule has 7 nitrogen and oxygen atoms in total. The van der Waals surface area contributed by atoms with Gasteiger partial charge in [0.2, 0.25) is 0 Å². The normalized spacial score (nSPS) is 12.4. The Balaban J connectivity index is 2.91. The number of hydrogen-bond donors (Lipinski definition) is 1. The van der Waals surface area contributed by atoms with Gasteiger partial charge in [-0.15, -0.1) is 0 Å². The third-order valence-electron chi connectivity index (χ3n) is 1.76. The van der Waals surface area contributed by atoms with E-state index in [4.69, 9.17) is 16.7 Å². The first-order valence-electron chi connectivity index (χ1n) is 4.02. The molecule has 8 heteroatoms. The summed E-state index contributed by atoms with van der Waals surface area (Å²) >= 11 is 5.55. The van der Waals surface area contributed by atoms with Crippen LogP contribution in [0.4, 0.5) is 5.82 Å². The van der Waals surface area contributed by atoms with Crippen molar-refractivity contribution in [1.82, 2.24) is 9.78 Å². The molecule has 1 unspecified atom stereocenters. The summed E-state index contributed by atoms with van der Waals surface area (Å²) in [5.41, 5.74) is 0. The number of nitro groups is 1. The summed E-state index contributed by atoms with van der Waals surface area (Å²) in [6, 6.07) is -0.478. The molecule has 0 aliphatic carbocycles. The molecule has 0 saturated heterocycles. The van der Waals surface area contributed by atoms with Crippen LogP contribution in [0.15, 0.2) is 6.20 Å². The lowest BCUT2D eigenvalue weighted by Crippen LogP contribution is -2.11. The molecule has 1 rings (SSSR count). The molecule has 1 aromatic rings. The topological polar surface area (TPSA) is 98.3 Å². The Kier molecular flexibility index (Phi) is 3.25. The second-order valence-electron chi connectivity index (χ2n) is 2.98. The molecule has 0 bridgehead atoms. The van der Waals surface area contributed by atoms with E-state index in [1.54, 1.807) is 6.92 Å². The number of rotatable bonds is 4. The van der Waals surface area contributed by atoms with Crippen LogP contribution in [-0.2, 0) is 4.79 Å². The molecular weight excluding hydrogens is 226 g/mol. The Hall–Kier alpha value is -1.63. The first-order chi connectivity index (χ1) is 6.91. The highest BCUT2D eigenvalue weighted by molar-refractivity contribution is 6.32. The Labute approximate surface area is 89.4 Å². The molecule has 1 aromatic heterocycles. The first kappa shape index (κ1) is 11.4. The van der Waals surface area contributed by atoms with Crippen LogP contribution in [0.25, 0.3) is 0 Å². The average molecular weight is 234 g/mol. The monoisotopic (exact) mass is 233 g/mol. The molecular formula is C7H8ClN3O4. The average Bonchev–Trinajstić information content (AvgIpc) is 2.46. The van der Waals surface area contributed by atoms with Crippen molar-refractivity contribution in [2.45, 2.75) is 19.4 Å². The smallest absolute Gasteiger partial charge is 0.408 e. The summed E-state index contributed by atoms with van der Waals surface area (Å²) < 4.78 is 1.18. The Bertz CT molecular complexity index is 403. The minimum Gasteiger partial charge on any atom is -0.481 e. The minimum absolute atomic E-state index is 0.0998. The van der Waals surface area contributed by atoms with Gasteiger partial charge in [-0.2, -0.15) is 4.68 Å². The zero-order valence-corrected chi connectivity index (χ0v) is 8.51. The van der Waals surface area contributed by atoms with Crippen molar-refractivity contribution in [3.63, 3.8) is 0 Å². The summed E-state index contributed by atoms with van der Waals surface area (Å²) in [6.07, 6.45) is 1.07. The highest BCUT2D eigenvalue weighted by atomic mass is 35.5. The van der Waals surface area contributed by atoms with E-state index in [0.717, 1.165) is 0 Å². The molecule has 0 fully saturated rings. The van der Waals surface area contributed by atoms with E-state index in [-0.39, 0.29) is 11.4 Å². The van der Waals surface area contributed by atoms with Crippen LogP contribution in [-0.4, -0.2) is 25.8 Å². The van der Waals surface area contributed by atoms with Crippen LogP contribution in [0.2, 0.25) is 5.02 Å². The fourth-order valence-corrected chi connectivity index (χ4v) is 1.26. The van der Waals surface area contributed by atoms with Gasteiger partial charge >= 0.3 is 11.8 Å². The lowest BCUT2D eigenvalue weighted by atomic mass is 10.2. The number of aromatic nitrogens is 2. The fourth-order valence-electron chi connectivity index (χ4n) is 1.06. The summed E-state index contributed by atoms with van der Waals surface area (Å²) in [4.78, 5) is 20.1. The van der Waals surface area contributed by atoms with Gasteiger partial charge in [0.05, 0.1) is 23.8 Å². The highest BCUT2D eigenvalue weighted by Crippen LogP contribution is 2.24. The molecule has 0 aliphatic heterocycles. The molecule has 0 spiro atoms. The van der Waals surface area contributed by atoms with Gasteiger partial charge in [0.1, 0.15) is 0 Å². The van der Waals surface area contributed by atoms with Crippen molar-refractivity contribution in [3.05, 3.63) is 21.3 Å². The van der Waals surface area contributed by atoms with Gasteiger partial charge in [0, 0.05) is 0 Å². The second kappa shape index (κ2) is 4.26. The molecule has 0 aromatic carbocycles. The van der Waals surface area contributed by atoms with Crippen molar-refractivity contribution >= 4 is 23.4 Å². The maximum atomic E-state index is 10.4. The Morgan fingerprint density at radius 2 is 2.47 bits per heavy atom. The summed E-state index contributed by atoms with van der Waals surface area (Å²) in [5, 5.41) is 22.4. The minimum atomic E-state index is -1.00. The standard InChI is InChI=1S/C7H8ClN3O4/c1-4(2-6(12)13)10-3-5(8)7(9-10)11(14)15/h3-4H,2H2,1H3,(H,12,13). The van der Waals surface area contributed by atoms with Crippen molar-refractivity contribution in [2.24, 2.45) is 0 Å². The van der Waals surface area contributed by atoms with Crippen molar-refractivity contribution in [2.75, 3.05) is 0 Å². The molecule has 0 aliphatic rings. The third kappa shape index (κ3) is 2.66. The summed E-state index contributed by atoms with van der Waals surface area (Å²) in [5.74, 6) is -1.47. The molecule has 1 atom stereocenters. The number of aliphatic carboxylic acids is 1. The number of nitrogens with zero attached hydrogens (tertiary/aromatic N) is 3. The van der Waals surface area contributed by atoms with Crippen LogP contribution in [0, 0.1) is 10.1 Å². The van der Waals surface area contributed by atoms with Crippen LogP contribution in [0.5, 0.6) is 0 Å².